The lowest BCUT2D eigenvalue weighted by molar-refractivity contribution is -0.122. The van der Waals surface area contributed by atoms with Crippen LogP contribution in [0.2, 0.25) is 0 Å². The summed E-state index contributed by atoms with van der Waals surface area (Å²) in [5.41, 5.74) is 2.59. The molecule has 1 aromatic carbocycles. The van der Waals surface area contributed by atoms with Crippen molar-refractivity contribution < 1.29 is 4.79 Å². The van der Waals surface area contributed by atoms with Crippen molar-refractivity contribution in [1.82, 2.24) is 20.2 Å². The van der Waals surface area contributed by atoms with Crippen molar-refractivity contribution in [3.05, 3.63) is 35.4 Å². The van der Waals surface area contributed by atoms with Gasteiger partial charge >= 0.3 is 0 Å². The second-order valence-electron chi connectivity index (χ2n) is 5.42. The van der Waals surface area contributed by atoms with Gasteiger partial charge in [0.25, 0.3) is 5.95 Å². The van der Waals surface area contributed by atoms with E-state index in [4.69, 9.17) is 0 Å². The topological polar surface area (TPSA) is 63.9 Å². The van der Waals surface area contributed by atoms with Gasteiger partial charge in [-0.15, -0.1) is 0 Å². The van der Waals surface area contributed by atoms with Gasteiger partial charge in [-0.05, 0) is 40.8 Å². The molecule has 6 heteroatoms. The zero-order valence-corrected chi connectivity index (χ0v) is 11.1. The van der Waals surface area contributed by atoms with Crippen molar-refractivity contribution in [3.8, 4) is 0 Å². The highest BCUT2D eigenvalue weighted by Crippen LogP contribution is 2.29. The summed E-state index contributed by atoms with van der Waals surface area (Å²) >= 11 is 0. The second kappa shape index (κ2) is 4.40. The fourth-order valence-corrected chi connectivity index (χ4v) is 3.18. The molecule has 1 aliphatic heterocycles. The van der Waals surface area contributed by atoms with E-state index in [9.17, 15) is 4.79 Å². The van der Waals surface area contributed by atoms with E-state index in [0.717, 1.165) is 25.8 Å². The molecular formula is C14H15N5O. The third-order valence-corrected chi connectivity index (χ3v) is 4.17. The maximum absolute atomic E-state index is 12.7. The first-order chi connectivity index (χ1) is 9.83. The first-order valence-corrected chi connectivity index (χ1v) is 6.97. The van der Waals surface area contributed by atoms with Crippen LogP contribution in [-0.4, -0.2) is 32.7 Å². The van der Waals surface area contributed by atoms with Crippen molar-refractivity contribution in [3.63, 3.8) is 0 Å². The number of hydrogen-bond acceptors (Lipinski definition) is 4. The summed E-state index contributed by atoms with van der Waals surface area (Å²) in [4.78, 5) is 14.5. The summed E-state index contributed by atoms with van der Waals surface area (Å²) in [7, 11) is 0. The van der Waals surface area contributed by atoms with Gasteiger partial charge in [0.2, 0.25) is 5.91 Å². The van der Waals surface area contributed by atoms with Crippen LogP contribution in [-0.2, 0) is 24.2 Å². The number of tetrazole rings is 1. The summed E-state index contributed by atoms with van der Waals surface area (Å²) in [6.07, 6.45) is 2.56. The Morgan fingerprint density at radius 2 is 1.90 bits per heavy atom. The molecule has 0 unspecified atom stereocenters. The Labute approximate surface area is 116 Å². The van der Waals surface area contributed by atoms with E-state index in [-0.39, 0.29) is 11.8 Å². The zero-order valence-electron chi connectivity index (χ0n) is 11.1. The van der Waals surface area contributed by atoms with Crippen LogP contribution >= 0.6 is 0 Å². The van der Waals surface area contributed by atoms with Gasteiger partial charge in [-0.3, -0.25) is 9.69 Å². The first kappa shape index (κ1) is 11.6. The summed E-state index contributed by atoms with van der Waals surface area (Å²) < 4.78 is 1.71. The molecule has 0 fully saturated rings. The van der Waals surface area contributed by atoms with Gasteiger partial charge in [0, 0.05) is 19.0 Å². The Morgan fingerprint density at radius 1 is 1.15 bits per heavy atom. The Morgan fingerprint density at radius 3 is 2.65 bits per heavy atom. The highest BCUT2D eigenvalue weighted by Gasteiger charge is 2.34. The molecule has 2 aliphatic rings. The minimum absolute atomic E-state index is 0.0237. The standard InChI is InChI=1S/C14H15N5O/c20-13(12-8-10-4-1-2-5-11(10)9-12)18-6-3-7-19-14(18)15-16-17-19/h1-2,4-5,12H,3,6-9H2. The quantitative estimate of drug-likeness (QED) is 0.769. The molecular weight excluding hydrogens is 254 g/mol. The minimum atomic E-state index is 0.0237. The zero-order chi connectivity index (χ0) is 13.5. The third-order valence-electron chi connectivity index (χ3n) is 4.17. The van der Waals surface area contributed by atoms with Crippen molar-refractivity contribution in [2.45, 2.75) is 25.8 Å². The number of amides is 1. The Balaban J connectivity index is 1.59. The van der Waals surface area contributed by atoms with E-state index < -0.39 is 0 Å². The van der Waals surface area contributed by atoms with Crippen LogP contribution in [0.3, 0.4) is 0 Å². The minimum Gasteiger partial charge on any atom is -0.279 e. The molecule has 6 nitrogen and oxygen atoms in total. The molecule has 4 rings (SSSR count). The lowest BCUT2D eigenvalue weighted by Crippen LogP contribution is -2.42. The Bertz CT molecular complexity index is 640. The van der Waals surface area contributed by atoms with Crippen molar-refractivity contribution in [2.24, 2.45) is 5.92 Å². The van der Waals surface area contributed by atoms with E-state index in [0.29, 0.717) is 12.5 Å². The molecule has 0 spiro atoms. The highest BCUT2D eigenvalue weighted by atomic mass is 16.2. The van der Waals surface area contributed by atoms with Gasteiger partial charge in [-0.2, -0.15) is 0 Å². The van der Waals surface area contributed by atoms with E-state index in [1.54, 1.807) is 9.58 Å². The number of aryl methyl sites for hydroxylation is 1. The average Bonchev–Trinajstić information content (AvgIpc) is 3.12. The smallest absolute Gasteiger partial charge is 0.252 e. The fraction of sp³-hybridized carbons (Fsp3) is 0.429. The molecule has 2 heterocycles. The van der Waals surface area contributed by atoms with Crippen LogP contribution in [0.4, 0.5) is 5.95 Å². The Hall–Kier alpha value is -2.24. The molecule has 102 valence electrons. The van der Waals surface area contributed by atoms with Crippen molar-refractivity contribution in [2.75, 3.05) is 11.4 Å². The third kappa shape index (κ3) is 1.71. The van der Waals surface area contributed by atoms with Crippen LogP contribution in [0.25, 0.3) is 0 Å². The maximum atomic E-state index is 12.7. The molecule has 0 bridgehead atoms. The average molecular weight is 269 g/mol. The molecule has 0 N–H and O–H groups in total. The number of benzene rings is 1. The van der Waals surface area contributed by atoms with Gasteiger partial charge in [0.15, 0.2) is 0 Å². The lowest BCUT2D eigenvalue weighted by Gasteiger charge is -2.27. The molecule has 0 radical (unpaired) electrons. The van der Waals surface area contributed by atoms with Crippen LogP contribution in [0.1, 0.15) is 17.5 Å². The van der Waals surface area contributed by atoms with Crippen LogP contribution in [0.5, 0.6) is 0 Å². The number of fused-ring (bicyclic) bond motifs is 2. The molecule has 2 aromatic rings. The van der Waals surface area contributed by atoms with Gasteiger partial charge < -0.3 is 0 Å². The number of hydrogen-bond donors (Lipinski definition) is 0. The number of rotatable bonds is 1. The van der Waals surface area contributed by atoms with E-state index in [1.807, 2.05) is 12.1 Å². The van der Waals surface area contributed by atoms with Crippen LogP contribution in [0.15, 0.2) is 24.3 Å². The number of anilines is 1. The van der Waals surface area contributed by atoms with Crippen molar-refractivity contribution in [1.29, 1.82) is 0 Å². The number of aromatic nitrogens is 4. The lowest BCUT2D eigenvalue weighted by atomic mass is 10.0. The number of nitrogens with zero attached hydrogens (tertiary/aromatic N) is 5. The summed E-state index contributed by atoms with van der Waals surface area (Å²) in [5.74, 6) is 0.768. The molecule has 0 atom stereocenters. The normalized spacial score (nSPS) is 17.9. The SMILES string of the molecule is O=C(C1Cc2ccccc2C1)N1CCCn2nnnc21. The molecule has 1 aliphatic carbocycles. The van der Waals surface area contributed by atoms with Gasteiger partial charge in [0.05, 0.1) is 0 Å². The van der Waals surface area contributed by atoms with Crippen LogP contribution in [0, 0.1) is 5.92 Å². The molecule has 1 aromatic heterocycles. The molecule has 0 saturated carbocycles. The van der Waals surface area contributed by atoms with E-state index in [2.05, 4.69) is 27.7 Å². The largest absolute Gasteiger partial charge is 0.279 e. The van der Waals surface area contributed by atoms with E-state index in [1.165, 1.54) is 11.1 Å². The summed E-state index contributed by atoms with van der Waals surface area (Å²) in [6.45, 7) is 1.50. The highest BCUT2D eigenvalue weighted by molar-refractivity contribution is 5.94. The monoisotopic (exact) mass is 269 g/mol. The predicted octanol–water partition coefficient (Wildman–Crippen LogP) is 0.825. The maximum Gasteiger partial charge on any atom is 0.252 e. The molecule has 1 amide bonds. The summed E-state index contributed by atoms with van der Waals surface area (Å²) in [6, 6.07) is 8.30. The first-order valence-electron chi connectivity index (χ1n) is 6.97. The molecule has 20 heavy (non-hydrogen) atoms. The van der Waals surface area contributed by atoms with E-state index >= 15 is 0 Å². The number of carbonyl (C=O) groups is 1. The van der Waals surface area contributed by atoms with Crippen LogP contribution < -0.4 is 4.90 Å². The van der Waals surface area contributed by atoms with Crippen molar-refractivity contribution >= 4 is 11.9 Å². The van der Waals surface area contributed by atoms with Gasteiger partial charge in [-0.25, -0.2) is 4.68 Å². The predicted molar refractivity (Wildman–Crippen MR) is 72.1 cm³/mol. The molecule has 0 saturated heterocycles. The fourth-order valence-electron chi connectivity index (χ4n) is 3.18. The second-order valence-corrected chi connectivity index (χ2v) is 5.42. The summed E-state index contributed by atoms with van der Waals surface area (Å²) in [5, 5.41) is 11.6. The van der Waals surface area contributed by atoms with Gasteiger partial charge in [0.1, 0.15) is 0 Å². The number of carbonyl (C=O) groups excluding carboxylic acids is 1. The Kier molecular flexibility index (Phi) is 2.55. The van der Waals surface area contributed by atoms with Gasteiger partial charge in [-0.1, -0.05) is 29.4 Å².